The zero-order chi connectivity index (χ0) is 16.7. The highest BCUT2D eigenvalue weighted by atomic mass is 16.5. The number of hydrogen-bond donors (Lipinski definition) is 0. The van der Waals surface area contributed by atoms with E-state index in [0.717, 1.165) is 6.42 Å². The number of carbonyl (C=O) groups is 2. The van der Waals surface area contributed by atoms with Gasteiger partial charge in [0.2, 0.25) is 0 Å². The van der Waals surface area contributed by atoms with E-state index in [2.05, 4.69) is 20.8 Å². The Morgan fingerprint density at radius 2 is 1.43 bits per heavy atom. The van der Waals surface area contributed by atoms with Crippen LogP contribution in [-0.4, -0.2) is 26.7 Å². The molecule has 0 aromatic rings. The molecule has 0 saturated carbocycles. The highest BCUT2D eigenvalue weighted by molar-refractivity contribution is 6.12. The van der Waals surface area contributed by atoms with Crippen molar-refractivity contribution in [2.75, 3.05) is 7.11 Å². The summed E-state index contributed by atoms with van der Waals surface area (Å²) in [5, 5.41) is 0. The van der Waals surface area contributed by atoms with Gasteiger partial charge in [-0.25, -0.2) is 0 Å². The molecule has 0 heterocycles. The van der Waals surface area contributed by atoms with Crippen molar-refractivity contribution < 1.29 is 14.3 Å². The van der Waals surface area contributed by atoms with Crippen LogP contribution >= 0.6 is 0 Å². The van der Waals surface area contributed by atoms with E-state index in [1.807, 2.05) is 13.8 Å². The Morgan fingerprint density at radius 1 is 0.952 bits per heavy atom. The molecular formula is C17H31BO3. The van der Waals surface area contributed by atoms with Crippen LogP contribution < -0.4 is 0 Å². The quantitative estimate of drug-likeness (QED) is 0.481. The first-order valence-electron chi connectivity index (χ1n) is 7.95. The van der Waals surface area contributed by atoms with Gasteiger partial charge in [0.1, 0.15) is 5.78 Å². The molecule has 0 rings (SSSR count). The predicted octanol–water partition coefficient (Wildman–Crippen LogP) is 3.67. The number of ether oxygens (including phenoxy) is 1. The van der Waals surface area contributed by atoms with Crippen molar-refractivity contribution in [3.63, 3.8) is 0 Å². The number of methoxy groups -OCH3 is 1. The fourth-order valence-corrected chi connectivity index (χ4v) is 2.80. The molecule has 0 aliphatic rings. The molecule has 2 unspecified atom stereocenters. The standard InChI is InChI=1S/C17H31BO3/c1-10(2)14(13(6)19)8-12(5)16(18)9-15(11(3)4)17(20)21-7/h10-12,14-16H,8-9H2,1-7H3/t12?,14?,15-,16+/m0/s1. The van der Waals surface area contributed by atoms with Crippen LogP contribution in [0.15, 0.2) is 0 Å². The number of esters is 1. The molecule has 0 aliphatic heterocycles. The summed E-state index contributed by atoms with van der Waals surface area (Å²) in [5.41, 5.74) is 0. The van der Waals surface area contributed by atoms with Crippen molar-refractivity contribution in [2.45, 2.75) is 60.2 Å². The van der Waals surface area contributed by atoms with Gasteiger partial charge < -0.3 is 4.74 Å². The number of hydrogen-bond acceptors (Lipinski definition) is 3. The van der Waals surface area contributed by atoms with Crippen LogP contribution in [0.3, 0.4) is 0 Å². The first-order valence-corrected chi connectivity index (χ1v) is 7.95. The highest BCUT2D eigenvalue weighted by Crippen LogP contribution is 2.33. The minimum atomic E-state index is -0.195. The number of Topliss-reactive ketones (excluding diaryl/α,β-unsaturated/α-hetero) is 1. The molecule has 0 fully saturated rings. The Balaban J connectivity index is 4.72. The second kappa shape index (κ2) is 9.27. The predicted molar refractivity (Wildman–Crippen MR) is 87.3 cm³/mol. The fourth-order valence-electron chi connectivity index (χ4n) is 2.80. The Hall–Kier alpha value is -0.795. The van der Waals surface area contributed by atoms with E-state index in [0.29, 0.717) is 12.3 Å². The molecular weight excluding hydrogens is 263 g/mol. The highest BCUT2D eigenvalue weighted by Gasteiger charge is 2.29. The molecule has 3 nitrogen and oxygen atoms in total. The van der Waals surface area contributed by atoms with Crippen LogP contribution in [0, 0.1) is 29.6 Å². The molecule has 21 heavy (non-hydrogen) atoms. The maximum atomic E-state index is 11.8. The smallest absolute Gasteiger partial charge is 0.308 e. The maximum absolute atomic E-state index is 11.8. The summed E-state index contributed by atoms with van der Waals surface area (Å²) in [4.78, 5) is 23.5. The van der Waals surface area contributed by atoms with E-state index in [9.17, 15) is 9.59 Å². The van der Waals surface area contributed by atoms with Gasteiger partial charge in [-0.1, -0.05) is 40.4 Å². The maximum Gasteiger partial charge on any atom is 0.308 e. The zero-order valence-electron chi connectivity index (χ0n) is 14.7. The molecule has 0 bridgehead atoms. The van der Waals surface area contributed by atoms with Crippen molar-refractivity contribution in [1.29, 1.82) is 0 Å². The van der Waals surface area contributed by atoms with E-state index >= 15 is 0 Å². The Kier molecular flexibility index (Phi) is 8.92. The molecule has 0 saturated heterocycles. The number of ketones is 1. The lowest BCUT2D eigenvalue weighted by Gasteiger charge is -2.29. The second-order valence-electron chi connectivity index (χ2n) is 6.95. The molecule has 0 amide bonds. The SMILES string of the molecule is [B][C@H](C[C@H](C(=O)OC)C(C)C)C(C)CC(C(C)=O)C(C)C. The van der Waals surface area contributed by atoms with Gasteiger partial charge >= 0.3 is 5.97 Å². The molecule has 0 aromatic carbocycles. The largest absolute Gasteiger partial charge is 0.469 e. The van der Waals surface area contributed by atoms with Gasteiger partial charge in [0.25, 0.3) is 0 Å². The van der Waals surface area contributed by atoms with E-state index < -0.39 is 0 Å². The second-order valence-corrected chi connectivity index (χ2v) is 6.95. The number of carbonyl (C=O) groups excluding carboxylic acids is 2. The summed E-state index contributed by atoms with van der Waals surface area (Å²) >= 11 is 0. The lowest BCUT2D eigenvalue weighted by atomic mass is 9.67. The van der Waals surface area contributed by atoms with E-state index in [-0.39, 0.29) is 41.2 Å². The molecule has 0 N–H and O–H groups in total. The topological polar surface area (TPSA) is 43.4 Å². The fraction of sp³-hybridized carbons (Fsp3) is 0.882. The van der Waals surface area contributed by atoms with Gasteiger partial charge in [-0.05, 0) is 37.5 Å². The van der Waals surface area contributed by atoms with Crippen LogP contribution in [0.2, 0.25) is 5.82 Å². The van der Waals surface area contributed by atoms with Gasteiger partial charge in [-0.2, -0.15) is 0 Å². The summed E-state index contributed by atoms with van der Waals surface area (Å²) in [6.45, 7) is 11.9. The lowest BCUT2D eigenvalue weighted by molar-refractivity contribution is -0.147. The van der Waals surface area contributed by atoms with E-state index in [4.69, 9.17) is 12.6 Å². The molecule has 4 atom stereocenters. The average Bonchev–Trinajstić information content (AvgIpc) is 2.39. The molecule has 4 heteroatoms. The Labute approximate surface area is 131 Å². The summed E-state index contributed by atoms with van der Waals surface area (Å²) in [6.07, 6.45) is 1.38. The third-order valence-electron chi connectivity index (χ3n) is 4.52. The van der Waals surface area contributed by atoms with Gasteiger partial charge in [0.15, 0.2) is 0 Å². The third-order valence-corrected chi connectivity index (χ3v) is 4.52. The Morgan fingerprint density at radius 3 is 1.76 bits per heavy atom. The van der Waals surface area contributed by atoms with Crippen molar-refractivity contribution in [3.8, 4) is 0 Å². The molecule has 2 radical (unpaired) electrons. The first-order chi connectivity index (χ1) is 9.61. The van der Waals surface area contributed by atoms with Crippen LogP contribution in [0.5, 0.6) is 0 Å². The normalized spacial score (nSPS) is 17.4. The summed E-state index contributed by atoms with van der Waals surface area (Å²) in [5.74, 6) is 0.508. The van der Waals surface area contributed by atoms with Crippen LogP contribution in [0.1, 0.15) is 54.4 Å². The van der Waals surface area contributed by atoms with Crippen LogP contribution in [-0.2, 0) is 14.3 Å². The third kappa shape index (κ3) is 6.67. The van der Waals surface area contributed by atoms with E-state index in [1.54, 1.807) is 6.92 Å². The zero-order valence-corrected chi connectivity index (χ0v) is 14.7. The monoisotopic (exact) mass is 294 g/mol. The van der Waals surface area contributed by atoms with Gasteiger partial charge in [0, 0.05) is 5.92 Å². The van der Waals surface area contributed by atoms with Crippen molar-refractivity contribution in [1.82, 2.24) is 0 Å². The van der Waals surface area contributed by atoms with Gasteiger partial charge in [-0.3, -0.25) is 9.59 Å². The average molecular weight is 294 g/mol. The van der Waals surface area contributed by atoms with Crippen molar-refractivity contribution >= 4 is 19.6 Å². The summed E-state index contributed by atoms with van der Waals surface area (Å²) in [7, 11) is 7.69. The van der Waals surface area contributed by atoms with Crippen LogP contribution in [0.4, 0.5) is 0 Å². The summed E-state index contributed by atoms with van der Waals surface area (Å²) in [6, 6.07) is 0. The van der Waals surface area contributed by atoms with Gasteiger partial charge in [-0.15, -0.1) is 0 Å². The first kappa shape index (κ1) is 20.2. The van der Waals surface area contributed by atoms with Gasteiger partial charge in [0.05, 0.1) is 20.9 Å². The minimum Gasteiger partial charge on any atom is -0.469 e. The minimum absolute atomic E-state index is 0.0432. The molecule has 0 aliphatic carbocycles. The molecule has 0 aromatic heterocycles. The van der Waals surface area contributed by atoms with Crippen molar-refractivity contribution in [2.24, 2.45) is 29.6 Å². The van der Waals surface area contributed by atoms with E-state index in [1.165, 1.54) is 7.11 Å². The summed E-state index contributed by atoms with van der Waals surface area (Å²) < 4.78 is 4.86. The lowest BCUT2D eigenvalue weighted by Crippen LogP contribution is -2.27. The Bertz CT molecular complexity index is 339. The number of rotatable bonds is 9. The molecule has 120 valence electrons. The molecule has 0 spiro atoms. The van der Waals surface area contributed by atoms with Crippen LogP contribution in [0.25, 0.3) is 0 Å². The van der Waals surface area contributed by atoms with Crippen molar-refractivity contribution in [3.05, 3.63) is 0 Å².